The standard InChI is InChI=1S/C7H10N4O4P2/c8-10(11-9-16(11)12)7(17(13,14)15)6-4-2-1-3-5-6/h1-5,7H,8H2,(H2,13,14,15). The zero-order chi connectivity index (χ0) is 12.6. The maximum Gasteiger partial charge on any atom is 0.350 e. The molecule has 0 amide bonds. The molecule has 1 aliphatic heterocycles. The van der Waals surface area contributed by atoms with Crippen LogP contribution in [0.3, 0.4) is 0 Å². The number of benzene rings is 1. The molecule has 92 valence electrons. The Bertz CT molecular complexity index is 490. The molecule has 1 aromatic carbocycles. The monoisotopic (exact) mass is 276 g/mol. The van der Waals surface area contributed by atoms with Crippen LogP contribution in [0.1, 0.15) is 11.3 Å². The van der Waals surface area contributed by atoms with Crippen molar-refractivity contribution in [2.45, 2.75) is 5.78 Å². The highest BCUT2D eigenvalue weighted by molar-refractivity contribution is 7.52. The first kappa shape index (κ1) is 12.8. The molecule has 8 nitrogen and oxygen atoms in total. The Morgan fingerprint density at radius 2 is 2.00 bits per heavy atom. The molecule has 0 aliphatic carbocycles. The second kappa shape index (κ2) is 4.53. The Labute approximate surface area is 98.0 Å². The Morgan fingerprint density at radius 3 is 2.41 bits per heavy atom. The van der Waals surface area contributed by atoms with Crippen molar-refractivity contribution in [2.75, 3.05) is 0 Å². The fraction of sp³-hybridized carbons (Fsp3) is 0.143. The van der Waals surface area contributed by atoms with E-state index < -0.39 is 21.5 Å². The summed E-state index contributed by atoms with van der Waals surface area (Å²) in [4.78, 5) is 33.8. The summed E-state index contributed by atoms with van der Waals surface area (Å²) in [5.41, 5.74) is 0.328. The molecule has 4 N–H and O–H groups in total. The molecule has 10 heteroatoms. The van der Waals surface area contributed by atoms with E-state index in [1.165, 1.54) is 12.1 Å². The van der Waals surface area contributed by atoms with Gasteiger partial charge in [-0.25, -0.2) is 5.84 Å². The van der Waals surface area contributed by atoms with Crippen LogP contribution in [0, 0.1) is 0 Å². The minimum absolute atomic E-state index is 0.328. The third-order valence-corrected chi connectivity index (χ3v) is 4.09. The molecule has 1 aliphatic rings. The van der Waals surface area contributed by atoms with Crippen LogP contribution in [0.5, 0.6) is 0 Å². The number of hydrazine groups is 2. The largest absolute Gasteiger partial charge is 0.591 e. The number of rotatable bonds is 4. The van der Waals surface area contributed by atoms with Crippen LogP contribution in [-0.4, -0.2) is 19.8 Å². The van der Waals surface area contributed by atoms with Gasteiger partial charge in [-0.2, -0.15) is 0 Å². The summed E-state index contributed by atoms with van der Waals surface area (Å²) in [5.74, 6) is 4.13. The predicted octanol–water partition coefficient (Wildman–Crippen LogP) is 0.0400. The molecule has 3 atom stereocenters. The molecule has 0 radical (unpaired) electrons. The van der Waals surface area contributed by atoms with Gasteiger partial charge in [0.25, 0.3) is 0 Å². The van der Waals surface area contributed by atoms with Crippen molar-refractivity contribution >= 4 is 15.7 Å². The van der Waals surface area contributed by atoms with Crippen molar-refractivity contribution in [3.8, 4) is 0 Å². The summed E-state index contributed by atoms with van der Waals surface area (Å²) in [6.45, 7) is 0. The van der Waals surface area contributed by atoms with E-state index in [0.717, 1.165) is 4.89 Å². The highest BCUT2D eigenvalue weighted by Crippen LogP contribution is 2.56. The van der Waals surface area contributed by atoms with Gasteiger partial charge in [0.2, 0.25) is 0 Å². The summed E-state index contributed by atoms with van der Waals surface area (Å²) >= 11 is 0. The topological polar surface area (TPSA) is 125 Å². The summed E-state index contributed by atoms with van der Waals surface area (Å²) in [7, 11) is -6.50. The van der Waals surface area contributed by atoms with Crippen LogP contribution < -0.4 is 10.7 Å². The number of nitrogens with two attached hydrogens (primary N) is 1. The fourth-order valence-electron chi connectivity index (χ4n) is 1.41. The van der Waals surface area contributed by atoms with Gasteiger partial charge in [-0.1, -0.05) is 35.4 Å². The van der Waals surface area contributed by atoms with Crippen LogP contribution in [0.2, 0.25) is 0 Å². The third kappa shape index (κ3) is 2.77. The van der Waals surface area contributed by atoms with Gasteiger partial charge in [-0.3, -0.25) is 4.57 Å². The molecule has 3 unspecified atom stereocenters. The number of nitrogens with zero attached hydrogens (tertiary/aromatic N) is 3. The smallest absolute Gasteiger partial charge is 0.350 e. The van der Waals surface area contributed by atoms with Gasteiger partial charge >= 0.3 is 15.7 Å². The molecule has 0 aromatic heterocycles. The maximum absolute atomic E-state index is 11.4. The first-order valence-electron chi connectivity index (χ1n) is 4.54. The van der Waals surface area contributed by atoms with Crippen LogP contribution in [-0.2, 0) is 4.57 Å². The number of hydrogen-bond donors (Lipinski definition) is 3. The molecule has 2 rings (SSSR count). The van der Waals surface area contributed by atoms with Crippen LogP contribution in [0.4, 0.5) is 0 Å². The van der Waals surface area contributed by atoms with Crippen LogP contribution in [0.25, 0.3) is 0 Å². The van der Waals surface area contributed by atoms with Gasteiger partial charge in [0.1, 0.15) is 4.89 Å². The van der Waals surface area contributed by atoms with Crippen LogP contribution >= 0.6 is 15.7 Å². The molecule has 1 aromatic rings. The molecule has 0 fully saturated rings. The second-order valence-electron chi connectivity index (χ2n) is 3.36. The van der Waals surface area contributed by atoms with Crippen molar-refractivity contribution in [1.82, 2.24) is 10.0 Å². The van der Waals surface area contributed by atoms with Crippen molar-refractivity contribution in [3.05, 3.63) is 35.9 Å². The van der Waals surface area contributed by atoms with E-state index >= 15 is 0 Å². The highest BCUT2D eigenvalue weighted by atomic mass is 31.2. The van der Waals surface area contributed by atoms with Gasteiger partial charge in [-0.05, 0) is 5.56 Å². The lowest BCUT2D eigenvalue weighted by molar-refractivity contribution is -0.162. The summed E-state index contributed by atoms with van der Waals surface area (Å²) in [5, 5.41) is 0.703. The van der Waals surface area contributed by atoms with Crippen molar-refractivity contribution in [3.63, 3.8) is 0 Å². The van der Waals surface area contributed by atoms with Crippen molar-refractivity contribution < 1.29 is 19.2 Å². The number of hydrogen-bond acceptors (Lipinski definition) is 6. The summed E-state index contributed by atoms with van der Waals surface area (Å²) < 4.78 is 11.4. The molecule has 0 saturated carbocycles. The zero-order valence-corrected chi connectivity index (χ0v) is 10.3. The van der Waals surface area contributed by atoms with E-state index in [1.54, 1.807) is 18.2 Å². The molecule has 17 heavy (non-hydrogen) atoms. The predicted molar refractivity (Wildman–Crippen MR) is 58.4 cm³/mol. The van der Waals surface area contributed by atoms with E-state index in [2.05, 4.69) is 4.85 Å². The SMILES string of the molecule is NN(C(c1ccccc1)P(=O)(O)O)N1N=[P+]1[O-]. The third-order valence-electron chi connectivity index (χ3n) is 2.15. The van der Waals surface area contributed by atoms with Gasteiger partial charge in [-0.15, -0.1) is 0 Å². The van der Waals surface area contributed by atoms with E-state index in [4.69, 9.17) is 5.84 Å². The molecule has 0 spiro atoms. The van der Waals surface area contributed by atoms with Gasteiger partial charge < -0.3 is 14.7 Å². The summed E-state index contributed by atoms with van der Waals surface area (Å²) in [6.07, 6.45) is 0. The lowest BCUT2D eigenvalue weighted by atomic mass is 10.2. The lowest BCUT2D eigenvalue weighted by Gasteiger charge is -2.24. The Hall–Kier alpha value is -0.690. The minimum atomic E-state index is -4.52. The zero-order valence-electron chi connectivity index (χ0n) is 8.49. The minimum Gasteiger partial charge on any atom is -0.591 e. The summed E-state index contributed by atoms with van der Waals surface area (Å²) in [6, 6.07) is 8.03. The molecule has 1 heterocycles. The van der Waals surface area contributed by atoms with E-state index in [-0.39, 0.29) is 0 Å². The Kier molecular flexibility index (Phi) is 3.40. The molecule has 0 bridgehead atoms. The first-order chi connectivity index (χ1) is 7.91. The van der Waals surface area contributed by atoms with E-state index in [9.17, 15) is 19.2 Å². The lowest BCUT2D eigenvalue weighted by Crippen LogP contribution is -2.39. The fourth-order valence-corrected chi connectivity index (χ4v) is 3.03. The quantitative estimate of drug-likeness (QED) is 0.402. The van der Waals surface area contributed by atoms with E-state index in [1.807, 2.05) is 0 Å². The normalized spacial score (nSPS) is 23.4. The average Bonchev–Trinajstić information content (AvgIpc) is 2.95. The molecular weight excluding hydrogens is 266 g/mol. The second-order valence-corrected chi connectivity index (χ2v) is 6.07. The van der Waals surface area contributed by atoms with Crippen molar-refractivity contribution in [2.24, 2.45) is 10.7 Å². The van der Waals surface area contributed by atoms with Crippen molar-refractivity contribution in [1.29, 1.82) is 0 Å². The Morgan fingerprint density at radius 1 is 1.47 bits per heavy atom. The Balaban J connectivity index is 2.30. The average molecular weight is 276 g/mol. The van der Waals surface area contributed by atoms with Gasteiger partial charge in [0, 0.05) is 0 Å². The first-order valence-corrected chi connectivity index (χ1v) is 7.39. The van der Waals surface area contributed by atoms with E-state index in [0.29, 0.717) is 10.7 Å². The van der Waals surface area contributed by atoms with Gasteiger partial charge in [0.05, 0.1) is 4.85 Å². The molecule has 0 saturated heterocycles. The van der Waals surface area contributed by atoms with Gasteiger partial charge in [0.15, 0.2) is 5.78 Å². The highest BCUT2D eigenvalue weighted by Gasteiger charge is 2.48. The maximum atomic E-state index is 11.4. The van der Waals surface area contributed by atoms with Crippen LogP contribution in [0.15, 0.2) is 35.2 Å². The molecular formula is C7H10N4O4P2.